The number of nitrogens with two attached hydrogens (primary N) is 1. The van der Waals surface area contributed by atoms with Crippen LogP contribution in [0.1, 0.15) is 19.4 Å². The number of benzene rings is 1. The molecule has 0 aliphatic carbocycles. The summed E-state index contributed by atoms with van der Waals surface area (Å²) >= 11 is 0. The third kappa shape index (κ3) is 3.00. The summed E-state index contributed by atoms with van der Waals surface area (Å²) in [5.74, 6) is -2.28. The fraction of sp³-hybridized carbons (Fsp3) is 0.417. The minimum Gasteiger partial charge on any atom is -0.320 e. The molecule has 1 rings (SSSR count). The number of carbonyl (C=O) groups is 1. The molecule has 0 unspecified atom stereocenters. The molecule has 3 N–H and O–H groups in total. The molecule has 1 aromatic rings. The minimum absolute atomic E-state index is 0.106. The fourth-order valence-electron chi connectivity index (χ4n) is 1.28. The van der Waals surface area contributed by atoms with Crippen LogP contribution >= 0.6 is 0 Å². The summed E-state index contributed by atoms with van der Waals surface area (Å²) in [5.41, 5.74) is 5.41. The van der Waals surface area contributed by atoms with E-state index >= 15 is 0 Å². The van der Waals surface area contributed by atoms with Gasteiger partial charge in [0.25, 0.3) is 0 Å². The molecule has 0 heterocycles. The lowest BCUT2D eigenvalue weighted by molar-refractivity contribution is -0.118. The minimum atomic E-state index is -0.808. The van der Waals surface area contributed by atoms with E-state index in [0.717, 1.165) is 6.07 Å². The van der Waals surface area contributed by atoms with Gasteiger partial charge in [0, 0.05) is 0 Å². The quantitative estimate of drug-likeness (QED) is 0.853. The summed E-state index contributed by atoms with van der Waals surface area (Å²) in [6, 6.07) is 1.62. The first-order valence-corrected chi connectivity index (χ1v) is 5.35. The lowest BCUT2D eigenvalue weighted by Gasteiger charge is -2.16. The highest BCUT2D eigenvalue weighted by atomic mass is 19.1. The molecule has 0 aromatic heterocycles. The lowest BCUT2D eigenvalue weighted by atomic mass is 10.0. The van der Waals surface area contributed by atoms with E-state index in [2.05, 4.69) is 5.32 Å². The van der Waals surface area contributed by atoms with Crippen LogP contribution in [0.5, 0.6) is 0 Å². The number of hydrogen-bond donors (Lipinski definition) is 2. The largest absolute Gasteiger partial charge is 0.320 e. The number of aryl methyl sites for hydroxylation is 1. The van der Waals surface area contributed by atoms with Crippen molar-refractivity contribution in [1.82, 2.24) is 0 Å². The Kier molecular flexibility index (Phi) is 4.17. The van der Waals surface area contributed by atoms with Crippen LogP contribution in [-0.4, -0.2) is 11.9 Å². The van der Waals surface area contributed by atoms with E-state index < -0.39 is 29.3 Å². The second kappa shape index (κ2) is 5.23. The summed E-state index contributed by atoms with van der Waals surface area (Å²) in [4.78, 5) is 11.6. The molecular weight excluding hydrogens is 226 g/mol. The first-order chi connectivity index (χ1) is 7.84. The smallest absolute Gasteiger partial charge is 0.241 e. The molecule has 3 nitrogen and oxygen atoms in total. The van der Waals surface area contributed by atoms with Crippen molar-refractivity contribution in [1.29, 1.82) is 0 Å². The topological polar surface area (TPSA) is 55.1 Å². The standard InChI is InChI=1S/C12H16F2N2O/c1-6(2)10(15)12(17)16-11-8(13)5-4-7(3)9(11)14/h4-6,10H,15H2,1-3H3,(H,16,17)/t10-/m0/s1. The van der Waals surface area contributed by atoms with Gasteiger partial charge in [-0.3, -0.25) is 4.79 Å². The van der Waals surface area contributed by atoms with Crippen LogP contribution in [0.25, 0.3) is 0 Å². The van der Waals surface area contributed by atoms with Crippen molar-refractivity contribution in [2.45, 2.75) is 26.8 Å². The Morgan fingerprint density at radius 3 is 2.47 bits per heavy atom. The first kappa shape index (κ1) is 13.6. The van der Waals surface area contributed by atoms with Gasteiger partial charge in [-0.25, -0.2) is 8.78 Å². The molecule has 17 heavy (non-hydrogen) atoms. The maximum absolute atomic E-state index is 13.6. The Morgan fingerprint density at radius 1 is 1.35 bits per heavy atom. The Bertz CT molecular complexity index is 433. The molecule has 0 saturated heterocycles. The average Bonchev–Trinajstić information content (AvgIpc) is 2.28. The van der Waals surface area contributed by atoms with E-state index in [-0.39, 0.29) is 11.5 Å². The Hall–Kier alpha value is -1.49. The van der Waals surface area contributed by atoms with Gasteiger partial charge in [-0.1, -0.05) is 19.9 Å². The Morgan fingerprint density at radius 2 is 1.94 bits per heavy atom. The number of anilines is 1. The van der Waals surface area contributed by atoms with Crippen LogP contribution in [0.2, 0.25) is 0 Å². The number of rotatable bonds is 3. The molecule has 1 atom stereocenters. The van der Waals surface area contributed by atoms with Gasteiger partial charge in [0.2, 0.25) is 5.91 Å². The summed E-state index contributed by atoms with van der Waals surface area (Å²) in [6.07, 6.45) is 0. The van der Waals surface area contributed by atoms with E-state index in [1.54, 1.807) is 13.8 Å². The summed E-state index contributed by atoms with van der Waals surface area (Å²) < 4.78 is 27.0. The van der Waals surface area contributed by atoms with Gasteiger partial charge >= 0.3 is 0 Å². The Balaban J connectivity index is 2.96. The van der Waals surface area contributed by atoms with E-state index in [9.17, 15) is 13.6 Å². The van der Waals surface area contributed by atoms with Gasteiger partial charge in [-0.15, -0.1) is 0 Å². The normalized spacial score (nSPS) is 12.6. The Labute approximate surface area is 99.0 Å². The zero-order valence-corrected chi connectivity index (χ0v) is 10.1. The van der Waals surface area contributed by atoms with Gasteiger partial charge in [0.1, 0.15) is 11.5 Å². The van der Waals surface area contributed by atoms with Crippen LogP contribution in [0, 0.1) is 24.5 Å². The van der Waals surface area contributed by atoms with Gasteiger partial charge in [0.15, 0.2) is 5.82 Å². The molecule has 0 aliphatic heterocycles. The predicted octanol–water partition coefficient (Wildman–Crippen LogP) is 2.20. The van der Waals surface area contributed by atoms with Crippen molar-refractivity contribution < 1.29 is 13.6 Å². The summed E-state index contributed by atoms with van der Waals surface area (Å²) in [5, 5.41) is 2.19. The van der Waals surface area contributed by atoms with Crippen LogP contribution in [-0.2, 0) is 4.79 Å². The molecule has 0 aliphatic rings. The number of nitrogens with one attached hydrogen (secondary N) is 1. The van der Waals surface area contributed by atoms with Gasteiger partial charge in [-0.2, -0.15) is 0 Å². The highest BCUT2D eigenvalue weighted by Gasteiger charge is 2.20. The van der Waals surface area contributed by atoms with Crippen molar-refractivity contribution in [3.8, 4) is 0 Å². The van der Waals surface area contributed by atoms with Gasteiger partial charge < -0.3 is 11.1 Å². The monoisotopic (exact) mass is 242 g/mol. The SMILES string of the molecule is Cc1ccc(F)c(NC(=O)[C@@H](N)C(C)C)c1F. The zero-order chi connectivity index (χ0) is 13.2. The molecule has 1 amide bonds. The maximum Gasteiger partial charge on any atom is 0.241 e. The van der Waals surface area contributed by atoms with E-state index in [1.165, 1.54) is 13.0 Å². The second-order valence-corrected chi connectivity index (χ2v) is 4.31. The average molecular weight is 242 g/mol. The molecule has 0 bridgehead atoms. The molecule has 1 aromatic carbocycles. The molecular formula is C12H16F2N2O. The predicted molar refractivity (Wildman–Crippen MR) is 62.5 cm³/mol. The molecule has 0 fully saturated rings. The van der Waals surface area contributed by atoms with Crippen LogP contribution in [0.3, 0.4) is 0 Å². The summed E-state index contributed by atoms with van der Waals surface area (Å²) in [7, 11) is 0. The number of amides is 1. The van der Waals surface area contributed by atoms with E-state index in [1.807, 2.05) is 0 Å². The first-order valence-electron chi connectivity index (χ1n) is 5.35. The number of hydrogen-bond acceptors (Lipinski definition) is 2. The molecule has 0 radical (unpaired) electrons. The number of halogens is 2. The van der Waals surface area contributed by atoms with Crippen LogP contribution in [0.4, 0.5) is 14.5 Å². The van der Waals surface area contributed by atoms with Crippen molar-refractivity contribution in [3.05, 3.63) is 29.3 Å². The van der Waals surface area contributed by atoms with Crippen molar-refractivity contribution in [2.24, 2.45) is 11.7 Å². The lowest BCUT2D eigenvalue weighted by Crippen LogP contribution is -2.40. The zero-order valence-electron chi connectivity index (χ0n) is 10.1. The molecule has 94 valence electrons. The summed E-state index contributed by atoms with van der Waals surface area (Å²) in [6.45, 7) is 5.01. The van der Waals surface area contributed by atoms with Gasteiger partial charge in [-0.05, 0) is 24.5 Å². The highest BCUT2D eigenvalue weighted by Crippen LogP contribution is 2.21. The van der Waals surface area contributed by atoms with Crippen molar-refractivity contribution in [2.75, 3.05) is 5.32 Å². The van der Waals surface area contributed by atoms with E-state index in [4.69, 9.17) is 5.73 Å². The molecule has 0 saturated carbocycles. The third-order valence-corrected chi connectivity index (χ3v) is 2.55. The maximum atomic E-state index is 13.6. The van der Waals surface area contributed by atoms with Gasteiger partial charge in [0.05, 0.1) is 6.04 Å². The number of carbonyl (C=O) groups excluding carboxylic acids is 1. The molecule has 0 spiro atoms. The fourth-order valence-corrected chi connectivity index (χ4v) is 1.28. The van der Waals surface area contributed by atoms with Crippen LogP contribution < -0.4 is 11.1 Å². The van der Waals surface area contributed by atoms with Crippen molar-refractivity contribution in [3.63, 3.8) is 0 Å². The van der Waals surface area contributed by atoms with Crippen LogP contribution in [0.15, 0.2) is 12.1 Å². The molecule has 5 heteroatoms. The second-order valence-electron chi connectivity index (χ2n) is 4.31. The van der Waals surface area contributed by atoms with Crippen molar-refractivity contribution >= 4 is 11.6 Å². The third-order valence-electron chi connectivity index (χ3n) is 2.55. The van der Waals surface area contributed by atoms with E-state index in [0.29, 0.717) is 0 Å². The highest BCUT2D eigenvalue weighted by molar-refractivity contribution is 5.95.